The van der Waals surface area contributed by atoms with E-state index in [9.17, 15) is 14.5 Å². The number of carboxylic acid groups (broad SMARTS) is 1. The van der Waals surface area contributed by atoms with Gasteiger partial charge >= 0.3 is 7.60 Å². The molecular formula is C17H26O6P-. The van der Waals surface area contributed by atoms with Crippen molar-refractivity contribution in [2.45, 2.75) is 39.5 Å². The van der Waals surface area contributed by atoms with E-state index in [-0.39, 0.29) is 5.56 Å². The maximum absolute atomic E-state index is 12.2. The van der Waals surface area contributed by atoms with E-state index in [1.165, 1.54) is 12.1 Å². The van der Waals surface area contributed by atoms with E-state index in [2.05, 4.69) is 0 Å². The molecule has 0 atom stereocenters. The molecule has 0 saturated heterocycles. The van der Waals surface area contributed by atoms with Crippen LogP contribution in [-0.4, -0.2) is 32.0 Å². The molecule has 1 aromatic carbocycles. The normalized spacial score (nSPS) is 11.4. The van der Waals surface area contributed by atoms with E-state index >= 15 is 0 Å². The summed E-state index contributed by atoms with van der Waals surface area (Å²) in [6.45, 7) is 4.95. The Kier molecular flexibility index (Phi) is 9.69. The molecule has 1 rings (SSSR count). The number of carboxylic acids is 1. The van der Waals surface area contributed by atoms with E-state index in [4.69, 9.17) is 13.8 Å². The topological polar surface area (TPSA) is 84.9 Å². The molecule has 0 unspecified atom stereocenters. The molecule has 0 heterocycles. The SMILES string of the molecule is CCOP(=O)(CCCCCCOc1ccc(C(=O)[O-])cc1)OCC. The van der Waals surface area contributed by atoms with Gasteiger partial charge in [-0.15, -0.1) is 0 Å². The highest BCUT2D eigenvalue weighted by atomic mass is 31.2. The van der Waals surface area contributed by atoms with E-state index in [1.807, 2.05) is 13.8 Å². The molecule has 0 saturated carbocycles. The van der Waals surface area contributed by atoms with Gasteiger partial charge in [0.05, 0.1) is 32.0 Å². The molecule has 136 valence electrons. The zero-order chi connectivity index (χ0) is 17.8. The molecule has 0 aliphatic heterocycles. The Morgan fingerprint density at radius 3 is 2.12 bits per heavy atom. The van der Waals surface area contributed by atoms with Crippen molar-refractivity contribution in [2.24, 2.45) is 0 Å². The van der Waals surface area contributed by atoms with E-state index in [1.54, 1.807) is 12.1 Å². The minimum atomic E-state index is -2.92. The van der Waals surface area contributed by atoms with Crippen molar-refractivity contribution in [3.63, 3.8) is 0 Å². The Hall–Kier alpha value is -1.36. The van der Waals surface area contributed by atoms with Crippen LogP contribution in [0.2, 0.25) is 0 Å². The lowest BCUT2D eigenvalue weighted by Crippen LogP contribution is -2.21. The first-order valence-electron chi connectivity index (χ1n) is 8.33. The Bertz CT molecular complexity index is 518. The number of carbonyl (C=O) groups is 1. The van der Waals surface area contributed by atoms with Gasteiger partial charge in [-0.3, -0.25) is 4.57 Å². The number of benzene rings is 1. The number of hydrogen-bond donors (Lipinski definition) is 0. The third-order valence-electron chi connectivity index (χ3n) is 3.34. The molecule has 24 heavy (non-hydrogen) atoms. The molecule has 0 bridgehead atoms. The molecule has 6 nitrogen and oxygen atoms in total. The van der Waals surface area contributed by atoms with Crippen molar-refractivity contribution >= 4 is 13.6 Å². The highest BCUT2D eigenvalue weighted by Gasteiger charge is 2.22. The summed E-state index contributed by atoms with van der Waals surface area (Å²) in [6.07, 6.45) is 3.99. The lowest BCUT2D eigenvalue weighted by Gasteiger charge is -2.16. The lowest BCUT2D eigenvalue weighted by molar-refractivity contribution is -0.255. The summed E-state index contributed by atoms with van der Waals surface area (Å²) >= 11 is 0. The Morgan fingerprint density at radius 1 is 1.00 bits per heavy atom. The van der Waals surface area contributed by atoms with Gasteiger partial charge in [-0.25, -0.2) is 0 Å². The first-order valence-corrected chi connectivity index (χ1v) is 10.1. The van der Waals surface area contributed by atoms with Crippen LogP contribution in [-0.2, 0) is 13.6 Å². The Morgan fingerprint density at radius 2 is 1.58 bits per heavy atom. The fourth-order valence-electron chi connectivity index (χ4n) is 2.20. The maximum Gasteiger partial charge on any atom is 0.330 e. The van der Waals surface area contributed by atoms with E-state index in [0.717, 1.165) is 25.7 Å². The predicted octanol–water partition coefficient (Wildman–Crippen LogP) is 3.26. The smallest absolute Gasteiger partial charge is 0.330 e. The van der Waals surface area contributed by atoms with Crippen LogP contribution in [0.15, 0.2) is 24.3 Å². The molecule has 0 spiro atoms. The zero-order valence-corrected chi connectivity index (χ0v) is 15.3. The van der Waals surface area contributed by atoms with Gasteiger partial charge in [0.25, 0.3) is 0 Å². The number of aromatic carboxylic acids is 1. The van der Waals surface area contributed by atoms with Crippen LogP contribution in [0.5, 0.6) is 5.75 Å². The van der Waals surface area contributed by atoms with Crippen LogP contribution < -0.4 is 9.84 Å². The molecule has 0 amide bonds. The second-order valence-electron chi connectivity index (χ2n) is 5.24. The largest absolute Gasteiger partial charge is 0.545 e. The summed E-state index contributed by atoms with van der Waals surface area (Å²) in [5.74, 6) is -0.560. The van der Waals surface area contributed by atoms with Gasteiger partial charge in [0.15, 0.2) is 0 Å². The number of ether oxygens (including phenoxy) is 1. The summed E-state index contributed by atoms with van der Waals surface area (Å²) < 4.78 is 28.3. The molecule has 0 fully saturated rings. The molecule has 0 radical (unpaired) electrons. The van der Waals surface area contributed by atoms with Gasteiger partial charge in [-0.1, -0.05) is 12.8 Å². The van der Waals surface area contributed by atoms with Gasteiger partial charge < -0.3 is 23.7 Å². The van der Waals surface area contributed by atoms with Crippen molar-refractivity contribution in [1.82, 2.24) is 0 Å². The molecule has 0 aliphatic carbocycles. The van der Waals surface area contributed by atoms with Gasteiger partial charge in [0, 0.05) is 0 Å². The zero-order valence-electron chi connectivity index (χ0n) is 14.4. The third kappa shape index (κ3) is 7.95. The molecular weight excluding hydrogens is 331 g/mol. The van der Waals surface area contributed by atoms with Gasteiger partial charge in [-0.05, 0) is 56.5 Å². The van der Waals surface area contributed by atoms with Crippen molar-refractivity contribution in [3.05, 3.63) is 29.8 Å². The van der Waals surface area contributed by atoms with Crippen molar-refractivity contribution in [2.75, 3.05) is 26.0 Å². The highest BCUT2D eigenvalue weighted by molar-refractivity contribution is 7.53. The summed E-state index contributed by atoms with van der Waals surface area (Å²) in [7, 11) is -2.92. The minimum absolute atomic E-state index is 0.135. The van der Waals surface area contributed by atoms with Crippen LogP contribution in [0.1, 0.15) is 49.9 Å². The van der Waals surface area contributed by atoms with Gasteiger partial charge in [-0.2, -0.15) is 0 Å². The molecule has 0 aromatic heterocycles. The molecule has 0 aliphatic rings. The van der Waals surface area contributed by atoms with Crippen LogP contribution >= 0.6 is 7.60 Å². The van der Waals surface area contributed by atoms with E-state index in [0.29, 0.717) is 31.7 Å². The molecule has 0 N–H and O–H groups in total. The lowest BCUT2D eigenvalue weighted by atomic mass is 10.2. The maximum atomic E-state index is 12.2. The monoisotopic (exact) mass is 357 g/mol. The van der Waals surface area contributed by atoms with Crippen molar-refractivity contribution < 1.29 is 28.3 Å². The van der Waals surface area contributed by atoms with Crippen molar-refractivity contribution in [1.29, 1.82) is 0 Å². The molecule has 1 aromatic rings. The van der Waals surface area contributed by atoms with Crippen LogP contribution in [0, 0.1) is 0 Å². The minimum Gasteiger partial charge on any atom is -0.545 e. The number of unbranched alkanes of at least 4 members (excludes halogenated alkanes) is 3. The van der Waals surface area contributed by atoms with Gasteiger partial charge in [0.2, 0.25) is 0 Å². The van der Waals surface area contributed by atoms with Crippen LogP contribution in [0.3, 0.4) is 0 Å². The second kappa shape index (κ2) is 11.2. The average molecular weight is 357 g/mol. The van der Waals surface area contributed by atoms with E-state index < -0.39 is 13.6 Å². The van der Waals surface area contributed by atoms with Crippen molar-refractivity contribution in [3.8, 4) is 5.75 Å². The molecule has 7 heteroatoms. The fraction of sp³-hybridized carbons (Fsp3) is 0.588. The quantitative estimate of drug-likeness (QED) is 0.398. The fourth-order valence-corrected chi connectivity index (χ4v) is 3.93. The Labute approximate surface area is 143 Å². The summed E-state index contributed by atoms with van der Waals surface area (Å²) in [6, 6.07) is 6.16. The number of carbonyl (C=O) groups excluding carboxylic acids is 1. The van der Waals surface area contributed by atoms with Crippen LogP contribution in [0.25, 0.3) is 0 Å². The highest BCUT2D eigenvalue weighted by Crippen LogP contribution is 2.48. The second-order valence-corrected chi connectivity index (χ2v) is 7.43. The summed E-state index contributed by atoms with van der Waals surface area (Å²) in [5, 5.41) is 10.6. The first kappa shape index (κ1) is 20.7. The predicted molar refractivity (Wildman–Crippen MR) is 90.5 cm³/mol. The third-order valence-corrected chi connectivity index (χ3v) is 5.50. The summed E-state index contributed by atoms with van der Waals surface area (Å²) in [4.78, 5) is 10.6. The van der Waals surface area contributed by atoms with Gasteiger partial charge in [0.1, 0.15) is 5.75 Å². The van der Waals surface area contributed by atoms with Crippen LogP contribution in [0.4, 0.5) is 0 Å². The first-order chi connectivity index (χ1) is 11.5. The average Bonchev–Trinajstić information content (AvgIpc) is 2.55. The number of rotatable bonds is 13. The number of hydrogen-bond acceptors (Lipinski definition) is 6. The summed E-state index contributed by atoms with van der Waals surface area (Å²) in [5.41, 5.74) is 0.135. The standard InChI is InChI=1S/C17H27O6P/c1-3-22-24(20,23-4-2)14-8-6-5-7-13-21-16-11-9-15(10-12-16)17(18)19/h9-12H,3-8,13-14H2,1-2H3,(H,18,19)/p-1. The Balaban J connectivity index is 2.15.